The molecule has 13 heteroatoms. The number of rotatable bonds is 9. The van der Waals surface area contributed by atoms with Gasteiger partial charge in [-0.15, -0.1) is 5.10 Å². The Hall–Kier alpha value is -4.55. The van der Waals surface area contributed by atoms with E-state index in [1.807, 2.05) is 0 Å². The zero-order chi connectivity index (χ0) is 26.5. The predicted octanol–water partition coefficient (Wildman–Crippen LogP) is 3.39. The fraction of sp³-hybridized carbons (Fsp3) is 0.375. The average Bonchev–Trinajstić information content (AvgIpc) is 3.23. The molecule has 13 nitrogen and oxygen atoms in total. The minimum absolute atomic E-state index is 0.103. The van der Waals surface area contributed by atoms with Crippen LogP contribution in [0.15, 0.2) is 36.4 Å². The highest BCUT2D eigenvalue weighted by Crippen LogP contribution is 2.36. The lowest BCUT2D eigenvalue weighted by molar-refractivity contribution is -0.384. The maximum Gasteiger partial charge on any atom is 0.514 e. The topological polar surface area (TPSA) is 158 Å². The second-order valence-electron chi connectivity index (χ2n) is 8.46. The van der Waals surface area contributed by atoms with Crippen LogP contribution in [0.1, 0.15) is 24.2 Å². The average molecular weight is 511 g/mol. The zero-order valence-electron chi connectivity index (χ0n) is 20.4. The van der Waals surface area contributed by atoms with Crippen molar-refractivity contribution in [3.8, 4) is 22.9 Å². The van der Waals surface area contributed by atoms with Crippen LogP contribution in [0.25, 0.3) is 11.4 Å². The highest BCUT2D eigenvalue weighted by molar-refractivity contribution is 5.73. The van der Waals surface area contributed by atoms with Crippen LogP contribution in [-0.2, 0) is 27.9 Å². The summed E-state index contributed by atoms with van der Waals surface area (Å²) in [5.41, 5.74) is 1.92. The first-order valence-corrected chi connectivity index (χ1v) is 11.4. The predicted molar refractivity (Wildman–Crippen MR) is 127 cm³/mol. The van der Waals surface area contributed by atoms with Crippen molar-refractivity contribution in [2.24, 2.45) is 18.9 Å². The maximum atomic E-state index is 12.1. The second-order valence-corrected chi connectivity index (χ2v) is 8.46. The lowest BCUT2D eigenvalue weighted by Crippen LogP contribution is -2.37. The summed E-state index contributed by atoms with van der Waals surface area (Å²) in [6.45, 7) is 1.99. The zero-order valence-corrected chi connectivity index (χ0v) is 20.4. The van der Waals surface area contributed by atoms with Crippen LogP contribution in [0.2, 0.25) is 0 Å². The number of carbonyl (C=O) groups excluding carboxylic acids is 2. The van der Waals surface area contributed by atoms with E-state index in [9.17, 15) is 19.7 Å². The van der Waals surface area contributed by atoms with Crippen molar-refractivity contribution in [3.05, 3.63) is 57.9 Å². The molecule has 37 heavy (non-hydrogen) atoms. The van der Waals surface area contributed by atoms with E-state index in [4.69, 9.17) is 18.9 Å². The Balaban J connectivity index is 1.37. The maximum absolute atomic E-state index is 12.1. The molecular formula is C24H25N5O8. The van der Waals surface area contributed by atoms with E-state index in [1.165, 1.54) is 36.1 Å². The lowest BCUT2D eigenvalue weighted by Gasteiger charge is -2.34. The Bertz CT molecular complexity index is 1310. The molecule has 194 valence electrons. The van der Waals surface area contributed by atoms with Gasteiger partial charge in [-0.25, -0.2) is 14.5 Å². The van der Waals surface area contributed by atoms with E-state index in [-0.39, 0.29) is 35.8 Å². The Morgan fingerprint density at radius 3 is 2.54 bits per heavy atom. The molecule has 1 aliphatic rings. The molecule has 0 radical (unpaired) electrons. The molecule has 1 saturated carbocycles. The Kier molecular flexibility index (Phi) is 7.60. The molecule has 0 aliphatic heterocycles. The van der Waals surface area contributed by atoms with Crippen LogP contribution in [0.3, 0.4) is 0 Å². The summed E-state index contributed by atoms with van der Waals surface area (Å²) < 4.78 is 22.5. The smallest absolute Gasteiger partial charge is 0.491 e. The summed E-state index contributed by atoms with van der Waals surface area (Å²) in [4.78, 5) is 38.7. The standard InChI is InChI=1S/C24H25N5O8/c1-14-21(35-12-15-4-9-18(15)23(30)34-3)11-10-19(25-14)22-20(28(2)27-26-22)13-36-24(31)37-17-7-5-16(6-8-17)29(32)33/h5-8,10-11,15,18H,4,9,12-13H2,1-3H3/t15-,18+/m1/s1. The first-order chi connectivity index (χ1) is 17.8. The van der Waals surface area contributed by atoms with Crippen LogP contribution in [-0.4, -0.2) is 50.7 Å². The van der Waals surface area contributed by atoms with E-state index in [0.29, 0.717) is 35.1 Å². The monoisotopic (exact) mass is 511 g/mol. The number of carbonyl (C=O) groups is 2. The van der Waals surface area contributed by atoms with Crippen LogP contribution in [0.5, 0.6) is 11.5 Å². The summed E-state index contributed by atoms with van der Waals surface area (Å²) in [5, 5.41) is 18.9. The Labute approximate surface area is 211 Å². The number of aryl methyl sites for hydroxylation is 2. The number of non-ortho nitro benzene ring substituents is 1. The molecule has 0 spiro atoms. The van der Waals surface area contributed by atoms with Crippen molar-refractivity contribution in [1.29, 1.82) is 0 Å². The van der Waals surface area contributed by atoms with E-state index in [0.717, 1.165) is 12.8 Å². The molecule has 2 atom stereocenters. The molecule has 1 aromatic carbocycles. The number of hydrogen-bond acceptors (Lipinski definition) is 11. The molecule has 2 aromatic heterocycles. The third kappa shape index (κ3) is 5.82. The van der Waals surface area contributed by atoms with Crippen LogP contribution in [0.4, 0.5) is 10.5 Å². The largest absolute Gasteiger partial charge is 0.514 e. The van der Waals surface area contributed by atoms with E-state index in [1.54, 1.807) is 26.1 Å². The summed E-state index contributed by atoms with van der Waals surface area (Å²) >= 11 is 0. The molecule has 1 aliphatic carbocycles. The fourth-order valence-corrected chi connectivity index (χ4v) is 3.89. The number of aromatic nitrogens is 4. The van der Waals surface area contributed by atoms with Gasteiger partial charge < -0.3 is 18.9 Å². The van der Waals surface area contributed by atoms with Gasteiger partial charge in [-0.2, -0.15) is 0 Å². The van der Waals surface area contributed by atoms with Gasteiger partial charge in [-0.3, -0.25) is 14.9 Å². The van der Waals surface area contributed by atoms with Crippen molar-refractivity contribution in [2.75, 3.05) is 13.7 Å². The third-order valence-corrected chi connectivity index (χ3v) is 6.17. The summed E-state index contributed by atoms with van der Waals surface area (Å²) in [7, 11) is 3.04. The van der Waals surface area contributed by atoms with Gasteiger partial charge >= 0.3 is 12.1 Å². The molecular weight excluding hydrogens is 486 g/mol. The number of nitro benzene ring substituents is 1. The number of hydrogen-bond donors (Lipinski definition) is 0. The van der Waals surface area contributed by atoms with Crippen LogP contribution >= 0.6 is 0 Å². The number of ether oxygens (including phenoxy) is 4. The summed E-state index contributed by atoms with van der Waals surface area (Å²) in [5.74, 6) is 0.464. The number of methoxy groups -OCH3 is 1. The van der Waals surface area contributed by atoms with Crippen molar-refractivity contribution in [2.45, 2.75) is 26.4 Å². The number of pyridine rings is 1. The quantitative estimate of drug-likeness (QED) is 0.179. The first kappa shape index (κ1) is 25.5. The van der Waals surface area contributed by atoms with Crippen LogP contribution < -0.4 is 9.47 Å². The van der Waals surface area contributed by atoms with E-state index < -0.39 is 11.1 Å². The van der Waals surface area contributed by atoms with Gasteiger partial charge in [0.1, 0.15) is 29.5 Å². The minimum atomic E-state index is -0.991. The molecule has 1 fully saturated rings. The van der Waals surface area contributed by atoms with Crippen molar-refractivity contribution in [3.63, 3.8) is 0 Å². The molecule has 0 bridgehead atoms. The van der Waals surface area contributed by atoms with Crippen molar-refractivity contribution >= 4 is 17.8 Å². The molecule has 0 N–H and O–H groups in total. The molecule has 0 amide bonds. The Morgan fingerprint density at radius 1 is 1.16 bits per heavy atom. The van der Waals surface area contributed by atoms with Gasteiger partial charge in [-0.1, -0.05) is 5.21 Å². The van der Waals surface area contributed by atoms with Gasteiger partial charge in [0.15, 0.2) is 0 Å². The molecule has 0 unspecified atom stereocenters. The number of nitrogens with zero attached hydrogens (tertiary/aromatic N) is 5. The summed E-state index contributed by atoms with van der Waals surface area (Å²) in [6, 6.07) is 8.53. The number of benzene rings is 1. The van der Waals surface area contributed by atoms with Gasteiger partial charge in [0.2, 0.25) is 0 Å². The van der Waals surface area contributed by atoms with Gasteiger partial charge in [0.05, 0.1) is 35.9 Å². The lowest BCUT2D eigenvalue weighted by atomic mass is 9.74. The highest BCUT2D eigenvalue weighted by atomic mass is 16.7. The third-order valence-electron chi connectivity index (χ3n) is 6.17. The van der Waals surface area contributed by atoms with Crippen molar-refractivity contribution in [1.82, 2.24) is 20.0 Å². The normalized spacial score (nSPS) is 16.4. The van der Waals surface area contributed by atoms with Crippen LogP contribution in [0, 0.1) is 28.9 Å². The van der Waals surface area contributed by atoms with Gasteiger partial charge in [0.25, 0.3) is 5.69 Å². The number of esters is 1. The molecule has 0 saturated heterocycles. The Morgan fingerprint density at radius 2 is 1.92 bits per heavy atom. The van der Waals surface area contributed by atoms with Gasteiger partial charge in [0, 0.05) is 25.1 Å². The molecule has 4 rings (SSSR count). The first-order valence-electron chi connectivity index (χ1n) is 11.4. The minimum Gasteiger partial charge on any atom is -0.491 e. The van der Waals surface area contributed by atoms with E-state index in [2.05, 4.69) is 15.3 Å². The highest BCUT2D eigenvalue weighted by Gasteiger charge is 2.37. The fourth-order valence-electron chi connectivity index (χ4n) is 3.89. The molecule has 2 heterocycles. The van der Waals surface area contributed by atoms with Crippen molar-refractivity contribution < 1.29 is 33.5 Å². The number of nitro groups is 1. The SMILES string of the molecule is COC(=O)[C@H]1CC[C@@H]1COc1ccc(-c2nnn(C)c2COC(=O)Oc2ccc([N+](=O)[O-])cc2)nc1C. The second kappa shape index (κ2) is 11.0. The summed E-state index contributed by atoms with van der Waals surface area (Å²) in [6.07, 6.45) is 0.713. The van der Waals surface area contributed by atoms with Gasteiger partial charge in [-0.05, 0) is 44.0 Å². The van der Waals surface area contributed by atoms with E-state index >= 15 is 0 Å². The molecule has 3 aromatic rings.